The molecule has 1 saturated carbocycles. The first kappa shape index (κ1) is 9.44. The smallest absolute Gasteiger partial charge is 0.331 e. The van der Waals surface area contributed by atoms with Crippen LogP contribution < -0.4 is 0 Å². The van der Waals surface area contributed by atoms with Gasteiger partial charge in [-0.2, -0.15) is 0 Å². The van der Waals surface area contributed by atoms with Crippen molar-refractivity contribution < 1.29 is 14.3 Å². The Morgan fingerprint density at radius 3 is 2.50 bits per heavy atom. The molecule has 1 fully saturated rings. The molecule has 0 saturated heterocycles. The summed E-state index contributed by atoms with van der Waals surface area (Å²) >= 11 is 0. The number of ketones is 1. The molecule has 0 radical (unpaired) electrons. The van der Waals surface area contributed by atoms with Crippen LogP contribution in [0.3, 0.4) is 0 Å². The van der Waals surface area contributed by atoms with Crippen LogP contribution in [0.1, 0.15) is 33.6 Å². The largest absolute Gasteiger partial charge is 0.451 e. The maximum Gasteiger partial charge on any atom is 0.331 e. The molecular weight excluding hydrogens is 180 g/mol. The highest BCUT2D eigenvalue weighted by atomic mass is 16.6. The number of ether oxygens (including phenoxy) is 1. The lowest BCUT2D eigenvalue weighted by Gasteiger charge is -2.40. The number of Topliss-reactive ketones (excluding diaryl/α,β-unsaturated/α-hetero) is 1. The molecule has 1 atom stereocenters. The van der Waals surface area contributed by atoms with Gasteiger partial charge in [-0.1, -0.05) is 13.8 Å². The van der Waals surface area contributed by atoms with Gasteiger partial charge >= 0.3 is 5.97 Å². The number of carbonyl (C=O) groups is 2. The molecule has 0 N–H and O–H groups in total. The molecule has 1 heterocycles. The topological polar surface area (TPSA) is 43.4 Å². The molecule has 2 rings (SSSR count). The van der Waals surface area contributed by atoms with Crippen LogP contribution in [0.2, 0.25) is 0 Å². The summed E-state index contributed by atoms with van der Waals surface area (Å²) in [6, 6.07) is 0. The Bertz CT molecular complexity index is 352. The van der Waals surface area contributed by atoms with E-state index in [1.165, 1.54) is 0 Å². The third-order valence-electron chi connectivity index (χ3n) is 3.06. The Morgan fingerprint density at radius 1 is 1.21 bits per heavy atom. The first-order valence-electron chi connectivity index (χ1n) is 4.81. The van der Waals surface area contributed by atoms with E-state index in [1.807, 2.05) is 20.8 Å². The molecule has 76 valence electrons. The first-order chi connectivity index (χ1) is 6.33. The molecule has 3 heteroatoms. The van der Waals surface area contributed by atoms with Gasteiger partial charge in [0, 0.05) is 18.9 Å². The summed E-state index contributed by atoms with van der Waals surface area (Å²) in [6.07, 6.45) is 2.38. The van der Waals surface area contributed by atoms with E-state index in [9.17, 15) is 9.59 Å². The Hall–Kier alpha value is -1.12. The lowest BCUT2D eigenvalue weighted by Crippen LogP contribution is -2.43. The van der Waals surface area contributed by atoms with Gasteiger partial charge < -0.3 is 4.74 Å². The molecular formula is C11H14O3. The minimum Gasteiger partial charge on any atom is -0.451 e. The van der Waals surface area contributed by atoms with Crippen molar-refractivity contribution in [1.29, 1.82) is 0 Å². The molecule has 0 aromatic heterocycles. The van der Waals surface area contributed by atoms with Crippen molar-refractivity contribution in [3.05, 3.63) is 11.6 Å². The van der Waals surface area contributed by atoms with Crippen LogP contribution in [0.25, 0.3) is 0 Å². The maximum absolute atomic E-state index is 11.5. The summed E-state index contributed by atoms with van der Waals surface area (Å²) in [4.78, 5) is 22.7. The van der Waals surface area contributed by atoms with Crippen LogP contribution in [-0.4, -0.2) is 17.4 Å². The standard InChI is InChI=1S/C11H14O3/c1-10(2)5-7(12)6-11(3)8(10)4-9(13)14-11/h4H,5-6H2,1-3H3. The highest BCUT2D eigenvalue weighted by Gasteiger charge is 2.51. The predicted octanol–water partition coefficient (Wildman–Crippen LogP) is 1.62. The molecule has 1 unspecified atom stereocenters. The lowest BCUT2D eigenvalue weighted by atomic mass is 9.66. The van der Waals surface area contributed by atoms with Gasteiger partial charge in [-0.3, -0.25) is 4.79 Å². The van der Waals surface area contributed by atoms with E-state index >= 15 is 0 Å². The lowest BCUT2D eigenvalue weighted by molar-refractivity contribution is -0.149. The summed E-state index contributed by atoms with van der Waals surface area (Å²) in [6.45, 7) is 5.79. The molecule has 1 aliphatic heterocycles. The zero-order valence-corrected chi connectivity index (χ0v) is 8.72. The van der Waals surface area contributed by atoms with Crippen molar-refractivity contribution in [2.24, 2.45) is 5.41 Å². The van der Waals surface area contributed by atoms with Crippen LogP contribution in [0.15, 0.2) is 11.6 Å². The average molecular weight is 194 g/mol. The van der Waals surface area contributed by atoms with E-state index in [2.05, 4.69) is 0 Å². The summed E-state index contributed by atoms with van der Waals surface area (Å²) in [5.74, 6) is -0.144. The molecule has 1 aliphatic carbocycles. The fourth-order valence-electron chi connectivity index (χ4n) is 2.65. The molecule has 0 amide bonds. The number of carbonyl (C=O) groups excluding carboxylic acids is 2. The summed E-state index contributed by atoms with van der Waals surface area (Å²) in [5.41, 5.74) is 0.0567. The van der Waals surface area contributed by atoms with Gasteiger partial charge in [0.15, 0.2) is 0 Å². The third kappa shape index (κ3) is 1.19. The van der Waals surface area contributed by atoms with Crippen molar-refractivity contribution in [3.63, 3.8) is 0 Å². The van der Waals surface area contributed by atoms with Crippen LogP contribution in [-0.2, 0) is 14.3 Å². The number of hydrogen-bond donors (Lipinski definition) is 0. The van der Waals surface area contributed by atoms with E-state index in [0.29, 0.717) is 12.8 Å². The molecule has 14 heavy (non-hydrogen) atoms. The molecule has 0 spiro atoms. The molecule has 0 aromatic carbocycles. The second kappa shape index (κ2) is 2.47. The van der Waals surface area contributed by atoms with Gasteiger partial charge in [-0.05, 0) is 17.9 Å². The van der Waals surface area contributed by atoms with Crippen molar-refractivity contribution in [3.8, 4) is 0 Å². The Balaban J connectivity index is 2.48. The van der Waals surface area contributed by atoms with Gasteiger partial charge in [0.25, 0.3) is 0 Å². The van der Waals surface area contributed by atoms with Crippen LogP contribution in [0, 0.1) is 5.41 Å². The van der Waals surface area contributed by atoms with E-state index in [-0.39, 0.29) is 17.2 Å². The maximum atomic E-state index is 11.5. The summed E-state index contributed by atoms with van der Waals surface area (Å²) in [5, 5.41) is 0. The monoisotopic (exact) mass is 194 g/mol. The fourth-order valence-corrected chi connectivity index (χ4v) is 2.65. The van der Waals surface area contributed by atoms with Gasteiger partial charge in [0.2, 0.25) is 0 Å². The summed E-state index contributed by atoms with van der Waals surface area (Å²) < 4.78 is 5.21. The Morgan fingerprint density at radius 2 is 1.86 bits per heavy atom. The van der Waals surface area contributed by atoms with Crippen molar-refractivity contribution in [1.82, 2.24) is 0 Å². The van der Waals surface area contributed by atoms with E-state index in [4.69, 9.17) is 4.74 Å². The first-order valence-corrected chi connectivity index (χ1v) is 4.81. The van der Waals surface area contributed by atoms with Crippen molar-refractivity contribution in [2.45, 2.75) is 39.2 Å². The average Bonchev–Trinajstić information content (AvgIpc) is 2.22. The minimum absolute atomic E-state index is 0.171. The number of esters is 1. The predicted molar refractivity (Wildman–Crippen MR) is 50.6 cm³/mol. The van der Waals surface area contributed by atoms with Crippen LogP contribution in [0.4, 0.5) is 0 Å². The quantitative estimate of drug-likeness (QED) is 0.550. The Kier molecular flexibility index (Phi) is 1.66. The van der Waals surface area contributed by atoms with Crippen molar-refractivity contribution >= 4 is 11.8 Å². The van der Waals surface area contributed by atoms with Gasteiger partial charge in [-0.15, -0.1) is 0 Å². The van der Waals surface area contributed by atoms with E-state index in [1.54, 1.807) is 6.08 Å². The number of hydrogen-bond acceptors (Lipinski definition) is 3. The van der Waals surface area contributed by atoms with Gasteiger partial charge in [-0.25, -0.2) is 4.79 Å². The normalized spacial score (nSPS) is 34.9. The van der Waals surface area contributed by atoms with Crippen LogP contribution in [0.5, 0.6) is 0 Å². The zero-order valence-electron chi connectivity index (χ0n) is 8.72. The highest BCUT2D eigenvalue weighted by molar-refractivity contribution is 5.91. The minimum atomic E-state index is -0.671. The molecule has 2 aliphatic rings. The zero-order chi connectivity index (χ0) is 10.6. The molecule has 0 aromatic rings. The Labute approximate surface area is 83.1 Å². The van der Waals surface area contributed by atoms with Crippen LogP contribution >= 0.6 is 0 Å². The van der Waals surface area contributed by atoms with Gasteiger partial charge in [0.05, 0.1) is 0 Å². The van der Waals surface area contributed by atoms with Crippen molar-refractivity contribution in [2.75, 3.05) is 0 Å². The summed E-state index contributed by atoms with van der Waals surface area (Å²) in [7, 11) is 0. The second-order valence-corrected chi connectivity index (χ2v) is 4.99. The van der Waals surface area contributed by atoms with Gasteiger partial charge in [0.1, 0.15) is 11.4 Å². The molecule has 0 bridgehead atoms. The number of fused-ring (bicyclic) bond motifs is 1. The van der Waals surface area contributed by atoms with E-state index in [0.717, 1.165) is 5.57 Å². The fraction of sp³-hybridized carbons (Fsp3) is 0.636. The third-order valence-corrected chi connectivity index (χ3v) is 3.06. The van der Waals surface area contributed by atoms with E-state index < -0.39 is 5.60 Å². The molecule has 3 nitrogen and oxygen atoms in total. The number of rotatable bonds is 0. The SMILES string of the molecule is CC1(C)CC(=O)CC2(C)OC(=O)C=C12. The second-order valence-electron chi connectivity index (χ2n) is 4.99. The highest BCUT2D eigenvalue weighted by Crippen LogP contribution is 2.48.